The molecule has 0 aliphatic heterocycles. The van der Waals surface area contributed by atoms with Crippen molar-refractivity contribution in [1.82, 2.24) is 14.7 Å². The van der Waals surface area contributed by atoms with E-state index in [0.717, 1.165) is 5.39 Å². The van der Waals surface area contributed by atoms with E-state index in [2.05, 4.69) is 10.1 Å². The summed E-state index contributed by atoms with van der Waals surface area (Å²) >= 11 is 0. The van der Waals surface area contributed by atoms with Crippen LogP contribution in [-0.2, 0) is 13.0 Å². The van der Waals surface area contributed by atoms with Crippen LogP contribution in [0.1, 0.15) is 29.0 Å². The molecule has 0 bridgehead atoms. The Morgan fingerprint density at radius 1 is 1.40 bits per heavy atom. The van der Waals surface area contributed by atoms with Crippen LogP contribution in [0.4, 0.5) is 0 Å². The smallest absolute Gasteiger partial charge is 0.337 e. The molecule has 3 aromatic rings. The zero-order valence-electron chi connectivity index (χ0n) is 10.9. The van der Waals surface area contributed by atoms with Crippen LogP contribution in [0.3, 0.4) is 0 Å². The van der Waals surface area contributed by atoms with Gasteiger partial charge in [-0.25, -0.2) is 4.79 Å². The fraction of sp³-hybridized carbons (Fsp3) is 0.214. The van der Waals surface area contributed by atoms with Crippen LogP contribution in [0.5, 0.6) is 0 Å². The number of aromatic carboxylic acids is 1. The Bertz CT molecular complexity index is 773. The number of para-hydroxylation sites is 1. The summed E-state index contributed by atoms with van der Waals surface area (Å²) in [6.07, 6.45) is 2.51. The maximum Gasteiger partial charge on any atom is 0.337 e. The third kappa shape index (κ3) is 2.05. The topological polar surface area (TPSA) is 81.2 Å². The number of hydrogen-bond acceptors (Lipinski definition) is 4. The molecule has 20 heavy (non-hydrogen) atoms. The van der Waals surface area contributed by atoms with Crippen molar-refractivity contribution in [2.45, 2.75) is 19.9 Å². The Balaban J connectivity index is 2.05. The summed E-state index contributed by atoms with van der Waals surface area (Å²) in [7, 11) is 0. The molecule has 0 fully saturated rings. The fourth-order valence-electron chi connectivity index (χ4n) is 2.22. The number of aryl methyl sites for hydroxylation is 1. The van der Waals surface area contributed by atoms with Gasteiger partial charge < -0.3 is 14.2 Å². The van der Waals surface area contributed by atoms with Gasteiger partial charge in [0.25, 0.3) is 0 Å². The minimum Gasteiger partial charge on any atom is -0.478 e. The van der Waals surface area contributed by atoms with E-state index < -0.39 is 5.97 Å². The standard InChI is InChI=1S/C14H13N3O3/c1-2-12-15-11(16-20-12)8-17-7-6-9-4-3-5-10(13(9)17)14(18)19/h3-7H,2,8H2,1H3,(H,18,19). The van der Waals surface area contributed by atoms with Gasteiger partial charge in [0.05, 0.1) is 17.6 Å². The van der Waals surface area contributed by atoms with Crippen LogP contribution in [-0.4, -0.2) is 25.8 Å². The number of nitrogens with zero attached hydrogens (tertiary/aromatic N) is 3. The van der Waals surface area contributed by atoms with Gasteiger partial charge in [0.2, 0.25) is 5.89 Å². The van der Waals surface area contributed by atoms with Gasteiger partial charge in [-0.1, -0.05) is 24.2 Å². The first-order valence-electron chi connectivity index (χ1n) is 6.31. The molecule has 2 heterocycles. The Hall–Kier alpha value is -2.63. The number of carboxylic acids is 1. The van der Waals surface area contributed by atoms with E-state index in [0.29, 0.717) is 30.2 Å². The van der Waals surface area contributed by atoms with Crippen LogP contribution in [0.25, 0.3) is 10.9 Å². The predicted octanol–water partition coefficient (Wildman–Crippen LogP) is 2.33. The number of rotatable bonds is 4. The molecular weight excluding hydrogens is 258 g/mol. The lowest BCUT2D eigenvalue weighted by Crippen LogP contribution is -2.05. The molecule has 0 radical (unpaired) electrons. The van der Waals surface area contributed by atoms with Crippen molar-refractivity contribution in [3.8, 4) is 0 Å². The van der Waals surface area contributed by atoms with Gasteiger partial charge in [0.1, 0.15) is 0 Å². The number of aromatic nitrogens is 3. The second-order valence-electron chi connectivity index (χ2n) is 4.45. The summed E-state index contributed by atoms with van der Waals surface area (Å²) < 4.78 is 6.88. The molecule has 0 spiro atoms. The largest absolute Gasteiger partial charge is 0.478 e. The summed E-state index contributed by atoms with van der Waals surface area (Å²) in [5, 5.41) is 14.0. The van der Waals surface area contributed by atoms with E-state index in [9.17, 15) is 9.90 Å². The molecule has 0 aliphatic carbocycles. The van der Waals surface area contributed by atoms with Gasteiger partial charge in [-0.2, -0.15) is 4.98 Å². The lowest BCUT2D eigenvalue weighted by atomic mass is 10.1. The van der Waals surface area contributed by atoms with E-state index in [1.54, 1.807) is 12.1 Å². The Labute approximate surface area is 114 Å². The van der Waals surface area contributed by atoms with Crippen LogP contribution in [0, 0.1) is 0 Å². The average Bonchev–Trinajstić information content (AvgIpc) is 3.06. The number of carbonyl (C=O) groups is 1. The molecule has 0 unspecified atom stereocenters. The van der Waals surface area contributed by atoms with E-state index in [-0.39, 0.29) is 5.56 Å². The minimum atomic E-state index is -0.946. The predicted molar refractivity (Wildman–Crippen MR) is 71.7 cm³/mol. The molecule has 6 heteroatoms. The first-order chi connectivity index (χ1) is 9.69. The van der Waals surface area contributed by atoms with Gasteiger partial charge >= 0.3 is 5.97 Å². The van der Waals surface area contributed by atoms with Crippen molar-refractivity contribution >= 4 is 16.9 Å². The highest BCUT2D eigenvalue weighted by atomic mass is 16.5. The lowest BCUT2D eigenvalue weighted by molar-refractivity contribution is 0.0698. The second-order valence-corrected chi connectivity index (χ2v) is 4.45. The van der Waals surface area contributed by atoms with E-state index in [1.807, 2.05) is 29.8 Å². The van der Waals surface area contributed by atoms with Crippen LogP contribution in [0.15, 0.2) is 35.0 Å². The summed E-state index contributed by atoms with van der Waals surface area (Å²) in [5.74, 6) is 0.173. The SMILES string of the molecule is CCc1nc(Cn2ccc3cccc(C(=O)O)c32)no1. The number of hydrogen-bond donors (Lipinski definition) is 1. The van der Waals surface area contributed by atoms with Crippen molar-refractivity contribution < 1.29 is 14.4 Å². The summed E-state index contributed by atoms with van der Waals surface area (Å²) in [5.41, 5.74) is 0.939. The quantitative estimate of drug-likeness (QED) is 0.787. The monoisotopic (exact) mass is 271 g/mol. The Morgan fingerprint density at radius 2 is 2.25 bits per heavy atom. The lowest BCUT2D eigenvalue weighted by Gasteiger charge is -2.04. The van der Waals surface area contributed by atoms with E-state index in [4.69, 9.17) is 4.52 Å². The first kappa shape index (κ1) is 12.4. The highest BCUT2D eigenvalue weighted by Gasteiger charge is 2.13. The third-order valence-electron chi connectivity index (χ3n) is 3.14. The van der Waals surface area contributed by atoms with E-state index in [1.165, 1.54) is 0 Å². The minimum absolute atomic E-state index is 0.270. The van der Waals surface area contributed by atoms with Crippen molar-refractivity contribution in [3.05, 3.63) is 47.7 Å². The molecule has 0 saturated carbocycles. The van der Waals surface area contributed by atoms with Gasteiger partial charge in [-0.15, -0.1) is 0 Å². The molecule has 3 rings (SSSR count). The molecule has 0 saturated heterocycles. The molecule has 0 aliphatic rings. The van der Waals surface area contributed by atoms with Crippen molar-refractivity contribution in [3.63, 3.8) is 0 Å². The number of benzene rings is 1. The molecule has 102 valence electrons. The van der Waals surface area contributed by atoms with Crippen LogP contribution >= 0.6 is 0 Å². The van der Waals surface area contributed by atoms with Crippen molar-refractivity contribution in [2.24, 2.45) is 0 Å². The molecule has 0 amide bonds. The molecule has 2 aromatic heterocycles. The Kier molecular flexibility index (Phi) is 2.98. The maximum absolute atomic E-state index is 11.3. The molecular formula is C14H13N3O3. The van der Waals surface area contributed by atoms with Gasteiger partial charge in [0.15, 0.2) is 5.82 Å². The van der Waals surface area contributed by atoms with Crippen LogP contribution < -0.4 is 0 Å². The first-order valence-corrected chi connectivity index (χ1v) is 6.31. The number of carboxylic acid groups (broad SMARTS) is 1. The third-order valence-corrected chi connectivity index (χ3v) is 3.14. The summed E-state index contributed by atoms with van der Waals surface area (Å²) in [6.45, 7) is 2.32. The molecule has 0 atom stereocenters. The highest BCUT2D eigenvalue weighted by molar-refractivity contribution is 6.02. The van der Waals surface area contributed by atoms with Crippen molar-refractivity contribution in [1.29, 1.82) is 0 Å². The highest BCUT2D eigenvalue weighted by Crippen LogP contribution is 2.21. The van der Waals surface area contributed by atoms with Gasteiger partial charge in [-0.3, -0.25) is 0 Å². The van der Waals surface area contributed by atoms with Crippen LogP contribution in [0.2, 0.25) is 0 Å². The molecule has 6 nitrogen and oxygen atoms in total. The summed E-state index contributed by atoms with van der Waals surface area (Å²) in [4.78, 5) is 15.5. The average molecular weight is 271 g/mol. The second kappa shape index (κ2) is 4.80. The van der Waals surface area contributed by atoms with Gasteiger partial charge in [0, 0.05) is 18.0 Å². The molecule has 1 aromatic carbocycles. The number of fused-ring (bicyclic) bond motifs is 1. The fourth-order valence-corrected chi connectivity index (χ4v) is 2.22. The normalized spacial score (nSPS) is 11.1. The van der Waals surface area contributed by atoms with Crippen molar-refractivity contribution in [2.75, 3.05) is 0 Å². The summed E-state index contributed by atoms with van der Waals surface area (Å²) in [6, 6.07) is 7.09. The van der Waals surface area contributed by atoms with Gasteiger partial charge in [-0.05, 0) is 12.1 Å². The zero-order chi connectivity index (χ0) is 14.1. The Morgan fingerprint density at radius 3 is 2.95 bits per heavy atom. The maximum atomic E-state index is 11.3. The molecule has 1 N–H and O–H groups in total. The van der Waals surface area contributed by atoms with E-state index >= 15 is 0 Å². The zero-order valence-corrected chi connectivity index (χ0v) is 10.9.